The molecule has 0 aromatic carbocycles. The molecule has 0 atom stereocenters. The van der Waals surface area contributed by atoms with Gasteiger partial charge in [-0.05, 0) is 26.0 Å². The Bertz CT molecular complexity index is 382. The fourth-order valence-electron chi connectivity index (χ4n) is 1.01. The molecule has 1 aromatic rings. The van der Waals surface area contributed by atoms with Crippen LogP contribution in [0.5, 0.6) is 5.95 Å². The minimum Gasteiger partial charge on any atom is -0.481 e. The quantitative estimate of drug-likeness (QED) is 0.450. The number of carbonyl (C=O) groups is 2. The van der Waals surface area contributed by atoms with Crippen molar-refractivity contribution in [3.63, 3.8) is 0 Å². The molecule has 0 spiro atoms. The first-order chi connectivity index (χ1) is 6.50. The van der Waals surface area contributed by atoms with Crippen LogP contribution in [-0.4, -0.2) is 16.7 Å². The highest BCUT2D eigenvalue weighted by Gasteiger charge is 2.10. The van der Waals surface area contributed by atoms with Crippen LogP contribution in [0.3, 0.4) is 0 Å². The van der Waals surface area contributed by atoms with Crippen LogP contribution >= 0.6 is 0 Å². The Labute approximate surface area is 80.8 Å². The molecule has 0 saturated carbocycles. The lowest BCUT2D eigenvalue weighted by Gasteiger charge is -1.95. The molecular weight excluding hydrogens is 184 g/mol. The average molecular weight is 194 g/mol. The summed E-state index contributed by atoms with van der Waals surface area (Å²) >= 11 is 0. The van der Waals surface area contributed by atoms with Gasteiger partial charge in [-0.2, -0.15) is 0 Å². The van der Waals surface area contributed by atoms with Gasteiger partial charge < -0.3 is 9.52 Å². The molecule has 1 heterocycles. The molecule has 1 aromatic heterocycles. The van der Waals surface area contributed by atoms with Crippen LogP contribution in [0.1, 0.15) is 19.6 Å². The van der Waals surface area contributed by atoms with Crippen molar-refractivity contribution >= 4 is 17.6 Å². The number of hydrogen-bond donors (Lipinski definition) is 1. The summed E-state index contributed by atoms with van der Waals surface area (Å²) in [5.74, 6) is -0.618. The van der Waals surface area contributed by atoms with Gasteiger partial charge in [0.1, 0.15) is 5.76 Å². The first-order valence-electron chi connectivity index (χ1n) is 4.03. The third-order valence-corrected chi connectivity index (χ3v) is 1.66. The van der Waals surface area contributed by atoms with Crippen LogP contribution in [-0.2, 0) is 9.59 Å². The van der Waals surface area contributed by atoms with E-state index in [0.29, 0.717) is 0 Å². The van der Waals surface area contributed by atoms with Gasteiger partial charge >= 0.3 is 0 Å². The molecule has 1 N–H and O–H groups in total. The fourth-order valence-corrected chi connectivity index (χ4v) is 1.01. The van der Waals surface area contributed by atoms with Crippen molar-refractivity contribution in [1.82, 2.24) is 0 Å². The largest absolute Gasteiger partial charge is 0.481 e. The molecule has 0 aliphatic heterocycles. The number of Topliss-reactive ketones (excluding diaryl/α,β-unsaturated/α-hetero) is 2. The van der Waals surface area contributed by atoms with Crippen molar-refractivity contribution in [2.75, 3.05) is 0 Å². The third kappa shape index (κ3) is 2.32. The number of furan rings is 1. The van der Waals surface area contributed by atoms with E-state index < -0.39 is 0 Å². The summed E-state index contributed by atoms with van der Waals surface area (Å²) in [6.45, 7) is 2.60. The van der Waals surface area contributed by atoms with E-state index in [4.69, 9.17) is 9.52 Å². The first-order valence-corrected chi connectivity index (χ1v) is 4.03. The van der Waals surface area contributed by atoms with E-state index in [-0.39, 0.29) is 28.8 Å². The van der Waals surface area contributed by atoms with Crippen molar-refractivity contribution < 1.29 is 19.1 Å². The number of aromatic hydroxyl groups is 1. The molecule has 14 heavy (non-hydrogen) atoms. The summed E-state index contributed by atoms with van der Waals surface area (Å²) in [5.41, 5.74) is 0.0550. The van der Waals surface area contributed by atoms with Crippen LogP contribution in [0, 0.1) is 0 Å². The molecule has 0 amide bonds. The van der Waals surface area contributed by atoms with Crippen LogP contribution in [0.4, 0.5) is 0 Å². The van der Waals surface area contributed by atoms with Gasteiger partial charge in [0.05, 0.1) is 5.57 Å². The maximum atomic E-state index is 11.0. The van der Waals surface area contributed by atoms with Crippen molar-refractivity contribution in [3.05, 3.63) is 23.5 Å². The highest BCUT2D eigenvalue weighted by Crippen LogP contribution is 2.17. The molecule has 0 unspecified atom stereocenters. The SMILES string of the molecule is CC(=O)C(=Cc1ccc(O)o1)C(C)=O. The Morgan fingerprint density at radius 3 is 2.21 bits per heavy atom. The Hall–Kier alpha value is -1.84. The monoisotopic (exact) mass is 194 g/mol. The van der Waals surface area contributed by atoms with E-state index in [2.05, 4.69) is 0 Å². The van der Waals surface area contributed by atoms with Gasteiger partial charge in [0, 0.05) is 6.07 Å². The van der Waals surface area contributed by atoms with E-state index in [9.17, 15) is 9.59 Å². The molecule has 0 radical (unpaired) electrons. The van der Waals surface area contributed by atoms with Crippen LogP contribution < -0.4 is 0 Å². The van der Waals surface area contributed by atoms with E-state index in [1.807, 2.05) is 0 Å². The second-order valence-corrected chi connectivity index (χ2v) is 2.85. The van der Waals surface area contributed by atoms with Gasteiger partial charge in [-0.1, -0.05) is 0 Å². The lowest BCUT2D eigenvalue weighted by Crippen LogP contribution is -2.05. The standard InChI is InChI=1S/C10H10O4/c1-6(11)9(7(2)12)5-8-3-4-10(13)14-8/h3-5,13H,1-2H3. The molecule has 0 aliphatic carbocycles. The van der Waals surface area contributed by atoms with Gasteiger partial charge in [0.15, 0.2) is 11.6 Å². The topological polar surface area (TPSA) is 67.5 Å². The Balaban J connectivity index is 3.05. The maximum absolute atomic E-state index is 11.0. The maximum Gasteiger partial charge on any atom is 0.282 e. The predicted molar refractivity (Wildman–Crippen MR) is 49.7 cm³/mol. The summed E-state index contributed by atoms with van der Waals surface area (Å²) in [6.07, 6.45) is 1.31. The number of ketones is 2. The highest BCUT2D eigenvalue weighted by molar-refractivity contribution is 6.21. The van der Waals surface area contributed by atoms with Crippen molar-refractivity contribution in [2.24, 2.45) is 0 Å². The highest BCUT2D eigenvalue weighted by atomic mass is 16.5. The number of hydrogen-bond acceptors (Lipinski definition) is 4. The Morgan fingerprint density at radius 2 is 1.86 bits per heavy atom. The zero-order valence-electron chi connectivity index (χ0n) is 7.90. The fraction of sp³-hybridized carbons (Fsp3) is 0.200. The molecule has 0 bridgehead atoms. The number of rotatable bonds is 3. The van der Waals surface area contributed by atoms with Gasteiger partial charge in [-0.3, -0.25) is 9.59 Å². The van der Waals surface area contributed by atoms with Crippen molar-refractivity contribution in [1.29, 1.82) is 0 Å². The zero-order valence-corrected chi connectivity index (χ0v) is 7.90. The van der Waals surface area contributed by atoms with E-state index >= 15 is 0 Å². The normalized spacial score (nSPS) is 9.57. The minimum atomic E-state index is -0.326. The lowest BCUT2D eigenvalue weighted by molar-refractivity contribution is -0.119. The summed E-state index contributed by atoms with van der Waals surface area (Å²) < 4.78 is 4.79. The summed E-state index contributed by atoms with van der Waals surface area (Å²) in [7, 11) is 0. The van der Waals surface area contributed by atoms with Gasteiger partial charge in [-0.25, -0.2) is 0 Å². The van der Waals surface area contributed by atoms with E-state index in [0.717, 1.165) is 0 Å². The Kier molecular flexibility index (Phi) is 2.86. The molecule has 0 aliphatic rings. The molecule has 4 nitrogen and oxygen atoms in total. The summed E-state index contributed by atoms with van der Waals surface area (Å²) in [4.78, 5) is 22.0. The lowest BCUT2D eigenvalue weighted by atomic mass is 10.1. The van der Waals surface area contributed by atoms with Gasteiger partial charge in [0.25, 0.3) is 5.95 Å². The van der Waals surface area contributed by atoms with Gasteiger partial charge in [-0.15, -0.1) is 0 Å². The van der Waals surface area contributed by atoms with Crippen molar-refractivity contribution in [3.8, 4) is 5.95 Å². The summed E-state index contributed by atoms with van der Waals surface area (Å²) in [6, 6.07) is 2.81. The van der Waals surface area contributed by atoms with E-state index in [1.54, 1.807) is 0 Å². The zero-order chi connectivity index (χ0) is 10.7. The van der Waals surface area contributed by atoms with Crippen LogP contribution in [0.2, 0.25) is 0 Å². The summed E-state index contributed by atoms with van der Waals surface area (Å²) in [5, 5.41) is 8.88. The molecule has 74 valence electrons. The Morgan fingerprint density at radius 1 is 1.29 bits per heavy atom. The third-order valence-electron chi connectivity index (χ3n) is 1.66. The smallest absolute Gasteiger partial charge is 0.282 e. The molecule has 0 fully saturated rings. The predicted octanol–water partition coefficient (Wildman–Crippen LogP) is 1.55. The second kappa shape index (κ2) is 3.91. The average Bonchev–Trinajstić information content (AvgIpc) is 2.46. The molecular formula is C10H10O4. The number of carbonyl (C=O) groups excluding carboxylic acids is 2. The van der Waals surface area contributed by atoms with Crippen molar-refractivity contribution in [2.45, 2.75) is 13.8 Å². The molecule has 1 rings (SSSR count). The molecule has 4 heteroatoms. The molecule has 0 saturated heterocycles. The first kappa shape index (κ1) is 10.2. The number of allylic oxidation sites excluding steroid dienone is 1. The second-order valence-electron chi connectivity index (χ2n) is 2.85. The van der Waals surface area contributed by atoms with E-state index in [1.165, 1.54) is 32.1 Å². The van der Waals surface area contributed by atoms with Crippen LogP contribution in [0.25, 0.3) is 6.08 Å². The minimum absolute atomic E-state index is 0.0550. The van der Waals surface area contributed by atoms with Crippen LogP contribution in [0.15, 0.2) is 22.1 Å². The van der Waals surface area contributed by atoms with Gasteiger partial charge in [0.2, 0.25) is 0 Å².